The molecule has 2 atom stereocenters. The lowest BCUT2D eigenvalue weighted by molar-refractivity contribution is 0.0340. The van der Waals surface area contributed by atoms with Gasteiger partial charge in [-0.15, -0.1) is 0 Å². The van der Waals surface area contributed by atoms with E-state index in [1.165, 1.54) is 19.5 Å². The maximum Gasteiger partial charge on any atom is 0.0244 e. The van der Waals surface area contributed by atoms with E-state index in [0.29, 0.717) is 22.9 Å². The number of hydrogen-bond acceptors (Lipinski definition) is 2. The van der Waals surface area contributed by atoms with Gasteiger partial charge in [-0.05, 0) is 23.2 Å². The molecule has 0 saturated carbocycles. The number of nitrogens with one attached hydrogen (secondary N) is 1. The van der Waals surface area contributed by atoms with E-state index >= 15 is 0 Å². The Morgan fingerprint density at radius 3 is 2.16 bits per heavy atom. The van der Waals surface area contributed by atoms with Crippen molar-refractivity contribution < 1.29 is 0 Å². The summed E-state index contributed by atoms with van der Waals surface area (Å²) in [6, 6.07) is 1.29. The SMILES string of the molecule is CCC(C)(C)CN1CC(C(C)(C)C)NCC1C(C)C. The van der Waals surface area contributed by atoms with Crippen LogP contribution in [0.15, 0.2) is 0 Å². The fourth-order valence-corrected chi connectivity index (χ4v) is 2.91. The Balaban J connectivity index is 2.79. The number of rotatable bonds is 4. The minimum Gasteiger partial charge on any atom is -0.311 e. The van der Waals surface area contributed by atoms with E-state index in [-0.39, 0.29) is 0 Å². The van der Waals surface area contributed by atoms with Gasteiger partial charge >= 0.3 is 0 Å². The first-order valence-corrected chi connectivity index (χ1v) is 8.04. The molecule has 2 nitrogen and oxygen atoms in total. The van der Waals surface area contributed by atoms with Gasteiger partial charge in [-0.3, -0.25) is 4.90 Å². The summed E-state index contributed by atoms with van der Waals surface area (Å²) in [5, 5.41) is 3.78. The maximum absolute atomic E-state index is 3.78. The third-order valence-electron chi connectivity index (χ3n) is 4.86. The Bertz CT molecular complexity index is 275. The second kappa shape index (κ2) is 6.13. The quantitative estimate of drug-likeness (QED) is 0.835. The normalized spacial score (nSPS) is 27.0. The summed E-state index contributed by atoms with van der Waals surface area (Å²) in [6.45, 7) is 22.4. The topological polar surface area (TPSA) is 15.3 Å². The van der Waals surface area contributed by atoms with E-state index < -0.39 is 0 Å². The predicted molar refractivity (Wildman–Crippen MR) is 85.5 cm³/mol. The van der Waals surface area contributed by atoms with Crippen molar-refractivity contribution in [3.8, 4) is 0 Å². The molecule has 114 valence electrons. The Morgan fingerprint density at radius 1 is 1.16 bits per heavy atom. The summed E-state index contributed by atoms with van der Waals surface area (Å²) in [4.78, 5) is 2.75. The molecule has 0 amide bonds. The van der Waals surface area contributed by atoms with Crippen molar-refractivity contribution in [2.45, 2.75) is 73.9 Å². The summed E-state index contributed by atoms with van der Waals surface area (Å²) in [5.41, 5.74) is 0.767. The Kier molecular flexibility index (Phi) is 5.48. The van der Waals surface area contributed by atoms with Gasteiger partial charge in [0.05, 0.1) is 0 Å². The average Bonchev–Trinajstić information content (AvgIpc) is 2.27. The standard InChI is InChI=1S/C17H36N2/c1-9-17(7,8)12-19-11-15(16(4,5)6)18-10-14(19)13(2)3/h13-15,18H,9-12H2,1-8H3. The molecule has 1 rings (SSSR count). The van der Waals surface area contributed by atoms with Crippen LogP contribution in [0.3, 0.4) is 0 Å². The minimum absolute atomic E-state index is 0.344. The van der Waals surface area contributed by atoms with Gasteiger partial charge < -0.3 is 5.32 Å². The Morgan fingerprint density at radius 2 is 1.74 bits per heavy atom. The molecule has 1 aliphatic rings. The van der Waals surface area contributed by atoms with Crippen LogP contribution < -0.4 is 5.32 Å². The minimum atomic E-state index is 0.344. The van der Waals surface area contributed by atoms with E-state index in [1.807, 2.05) is 0 Å². The molecule has 0 aromatic rings. The lowest BCUT2D eigenvalue weighted by Gasteiger charge is -2.48. The first-order chi connectivity index (χ1) is 8.57. The van der Waals surface area contributed by atoms with Crippen LogP contribution in [0.2, 0.25) is 0 Å². The number of hydrogen-bond donors (Lipinski definition) is 1. The summed E-state index contributed by atoms with van der Waals surface area (Å²) in [5.74, 6) is 0.723. The molecule has 1 heterocycles. The van der Waals surface area contributed by atoms with E-state index in [2.05, 4.69) is 65.6 Å². The van der Waals surface area contributed by atoms with Crippen molar-refractivity contribution in [3.63, 3.8) is 0 Å². The number of nitrogens with zero attached hydrogens (tertiary/aromatic N) is 1. The largest absolute Gasteiger partial charge is 0.311 e. The molecule has 1 aliphatic heterocycles. The molecule has 2 unspecified atom stereocenters. The van der Waals surface area contributed by atoms with E-state index in [1.54, 1.807) is 0 Å². The van der Waals surface area contributed by atoms with Gasteiger partial charge in [0.2, 0.25) is 0 Å². The van der Waals surface area contributed by atoms with Crippen molar-refractivity contribution >= 4 is 0 Å². The lowest BCUT2D eigenvalue weighted by Crippen LogP contribution is -2.62. The summed E-state index contributed by atoms with van der Waals surface area (Å²) < 4.78 is 0. The third kappa shape index (κ3) is 4.75. The summed E-state index contributed by atoms with van der Waals surface area (Å²) >= 11 is 0. The van der Waals surface area contributed by atoms with Crippen molar-refractivity contribution in [3.05, 3.63) is 0 Å². The zero-order chi connectivity index (χ0) is 14.8. The zero-order valence-electron chi connectivity index (χ0n) is 14.5. The van der Waals surface area contributed by atoms with Crippen LogP contribution in [0.1, 0.15) is 61.8 Å². The Labute approximate surface area is 121 Å². The van der Waals surface area contributed by atoms with Crippen LogP contribution >= 0.6 is 0 Å². The van der Waals surface area contributed by atoms with Gasteiger partial charge in [-0.25, -0.2) is 0 Å². The van der Waals surface area contributed by atoms with E-state index in [0.717, 1.165) is 12.5 Å². The number of piperazine rings is 1. The van der Waals surface area contributed by atoms with E-state index in [4.69, 9.17) is 0 Å². The highest BCUT2D eigenvalue weighted by molar-refractivity contribution is 4.94. The van der Waals surface area contributed by atoms with Crippen LogP contribution in [-0.2, 0) is 0 Å². The van der Waals surface area contributed by atoms with Crippen LogP contribution in [0.5, 0.6) is 0 Å². The highest BCUT2D eigenvalue weighted by Crippen LogP contribution is 2.29. The van der Waals surface area contributed by atoms with Crippen molar-refractivity contribution in [1.29, 1.82) is 0 Å². The molecule has 0 aromatic heterocycles. The first kappa shape index (κ1) is 17.0. The molecule has 19 heavy (non-hydrogen) atoms. The fraction of sp³-hybridized carbons (Fsp3) is 1.00. The fourth-order valence-electron chi connectivity index (χ4n) is 2.91. The smallest absolute Gasteiger partial charge is 0.0244 e. The Hall–Kier alpha value is -0.0800. The van der Waals surface area contributed by atoms with Gasteiger partial charge in [0.1, 0.15) is 0 Å². The third-order valence-corrected chi connectivity index (χ3v) is 4.86. The molecule has 0 aromatic carbocycles. The summed E-state index contributed by atoms with van der Waals surface area (Å²) in [6.07, 6.45) is 1.25. The molecule has 0 bridgehead atoms. The van der Waals surface area contributed by atoms with Crippen molar-refractivity contribution in [1.82, 2.24) is 10.2 Å². The molecular weight excluding hydrogens is 232 g/mol. The molecular formula is C17H36N2. The zero-order valence-corrected chi connectivity index (χ0v) is 14.5. The van der Waals surface area contributed by atoms with Crippen LogP contribution in [0.25, 0.3) is 0 Å². The van der Waals surface area contributed by atoms with Crippen LogP contribution in [-0.4, -0.2) is 36.6 Å². The summed E-state index contributed by atoms with van der Waals surface area (Å²) in [7, 11) is 0. The lowest BCUT2D eigenvalue weighted by atomic mass is 9.82. The molecule has 0 radical (unpaired) electrons. The monoisotopic (exact) mass is 268 g/mol. The highest BCUT2D eigenvalue weighted by Gasteiger charge is 2.36. The van der Waals surface area contributed by atoms with Gasteiger partial charge in [0.25, 0.3) is 0 Å². The first-order valence-electron chi connectivity index (χ1n) is 8.04. The molecule has 1 fully saturated rings. The van der Waals surface area contributed by atoms with Gasteiger partial charge in [-0.1, -0.05) is 55.4 Å². The second-order valence-electron chi connectivity index (χ2n) is 8.59. The van der Waals surface area contributed by atoms with Crippen molar-refractivity contribution in [2.24, 2.45) is 16.7 Å². The maximum atomic E-state index is 3.78. The van der Waals surface area contributed by atoms with Gasteiger partial charge in [0, 0.05) is 31.7 Å². The second-order valence-corrected chi connectivity index (χ2v) is 8.59. The van der Waals surface area contributed by atoms with Gasteiger partial charge in [-0.2, -0.15) is 0 Å². The molecule has 1 saturated heterocycles. The highest BCUT2D eigenvalue weighted by atomic mass is 15.2. The molecule has 1 N–H and O–H groups in total. The van der Waals surface area contributed by atoms with Gasteiger partial charge in [0.15, 0.2) is 0 Å². The van der Waals surface area contributed by atoms with E-state index in [9.17, 15) is 0 Å². The van der Waals surface area contributed by atoms with Crippen LogP contribution in [0, 0.1) is 16.7 Å². The molecule has 2 heteroatoms. The molecule has 0 aliphatic carbocycles. The predicted octanol–water partition coefficient (Wildman–Crippen LogP) is 3.77. The molecule has 0 spiro atoms. The van der Waals surface area contributed by atoms with Crippen molar-refractivity contribution in [2.75, 3.05) is 19.6 Å². The van der Waals surface area contributed by atoms with Crippen LogP contribution in [0.4, 0.5) is 0 Å². The average molecular weight is 268 g/mol.